The van der Waals surface area contributed by atoms with Gasteiger partial charge in [0.05, 0.1) is 9.82 Å². The number of nitro groups is 1. The van der Waals surface area contributed by atoms with Crippen molar-refractivity contribution >= 4 is 21.6 Å². The van der Waals surface area contributed by atoms with Gasteiger partial charge in [-0.15, -0.1) is 0 Å². The quantitative estimate of drug-likeness (QED) is 0.549. The van der Waals surface area contributed by atoms with Crippen LogP contribution in [0.1, 0.15) is 34.3 Å². The van der Waals surface area contributed by atoms with E-state index in [1.807, 2.05) is 6.07 Å². The molecule has 2 aromatic rings. The minimum Gasteiger partial charge on any atom is -0.336 e. The molecule has 2 aliphatic rings. The van der Waals surface area contributed by atoms with Crippen LogP contribution in [0.5, 0.6) is 0 Å². The molecule has 0 unspecified atom stereocenters. The van der Waals surface area contributed by atoms with Crippen LogP contribution in [0.15, 0.2) is 47.4 Å². The molecule has 1 aliphatic carbocycles. The maximum Gasteiger partial charge on any atom is 0.270 e. The highest BCUT2D eigenvalue weighted by molar-refractivity contribution is 7.89. The number of carbonyl (C=O) groups excluding carboxylic acids is 1. The summed E-state index contributed by atoms with van der Waals surface area (Å²) in [5, 5.41) is 10.9. The number of hydrogen-bond donors (Lipinski definition) is 0. The summed E-state index contributed by atoms with van der Waals surface area (Å²) in [6.07, 6.45) is 4.12. The standard InChI is InChI=1S/C21H23N3O5S/c25-21(18-6-3-7-19(14-18)24(26)27)22-10-12-23(13-11-22)30(28,29)20-9-8-16-4-1-2-5-17(16)15-20/h3,6-9,14-15H,1-2,4-5,10-13H2. The first-order chi connectivity index (χ1) is 14.4. The van der Waals surface area contributed by atoms with E-state index in [0.29, 0.717) is 4.90 Å². The number of fused-ring (bicyclic) bond motifs is 1. The number of piperazine rings is 1. The lowest BCUT2D eigenvalue weighted by molar-refractivity contribution is -0.384. The summed E-state index contributed by atoms with van der Waals surface area (Å²) in [5.41, 5.74) is 2.43. The molecule has 158 valence electrons. The molecule has 8 nitrogen and oxygen atoms in total. The van der Waals surface area contributed by atoms with Crippen LogP contribution in [0.4, 0.5) is 5.69 Å². The van der Waals surface area contributed by atoms with Crippen LogP contribution >= 0.6 is 0 Å². The average molecular weight is 429 g/mol. The SMILES string of the molecule is O=C(c1cccc([N+](=O)[O-])c1)N1CCN(S(=O)(=O)c2ccc3c(c2)CCCC3)CC1. The Morgan fingerprint density at radius 2 is 1.63 bits per heavy atom. The monoisotopic (exact) mass is 429 g/mol. The molecule has 0 spiro atoms. The van der Waals surface area contributed by atoms with Gasteiger partial charge in [-0.2, -0.15) is 4.31 Å². The summed E-state index contributed by atoms with van der Waals surface area (Å²) in [5.74, 6) is -0.329. The second-order valence-corrected chi connectivity index (χ2v) is 9.58. The highest BCUT2D eigenvalue weighted by atomic mass is 32.2. The summed E-state index contributed by atoms with van der Waals surface area (Å²) in [4.78, 5) is 24.9. The van der Waals surface area contributed by atoms with Crippen molar-refractivity contribution in [2.45, 2.75) is 30.6 Å². The Morgan fingerprint density at radius 3 is 2.33 bits per heavy atom. The second kappa shape index (κ2) is 8.16. The van der Waals surface area contributed by atoms with Crippen molar-refractivity contribution in [1.82, 2.24) is 9.21 Å². The number of sulfonamides is 1. The van der Waals surface area contributed by atoms with Crippen LogP contribution < -0.4 is 0 Å². The van der Waals surface area contributed by atoms with Crippen molar-refractivity contribution in [3.8, 4) is 0 Å². The van der Waals surface area contributed by atoms with E-state index < -0.39 is 14.9 Å². The van der Waals surface area contributed by atoms with Gasteiger partial charge in [0.15, 0.2) is 0 Å². The van der Waals surface area contributed by atoms with E-state index in [0.717, 1.165) is 31.2 Å². The lowest BCUT2D eigenvalue weighted by Crippen LogP contribution is -2.50. The molecule has 0 radical (unpaired) electrons. The molecule has 1 aliphatic heterocycles. The lowest BCUT2D eigenvalue weighted by atomic mass is 9.92. The number of nitro benzene ring substituents is 1. The number of aryl methyl sites for hydroxylation is 2. The van der Waals surface area contributed by atoms with Gasteiger partial charge in [0.2, 0.25) is 10.0 Å². The van der Waals surface area contributed by atoms with E-state index in [-0.39, 0.29) is 43.3 Å². The molecule has 1 fully saturated rings. The summed E-state index contributed by atoms with van der Waals surface area (Å²) < 4.78 is 27.6. The van der Waals surface area contributed by atoms with Crippen LogP contribution in [0, 0.1) is 10.1 Å². The first-order valence-corrected chi connectivity index (χ1v) is 11.5. The minimum absolute atomic E-state index is 0.144. The normalized spacial score (nSPS) is 17.4. The molecular weight excluding hydrogens is 406 g/mol. The smallest absolute Gasteiger partial charge is 0.270 e. The van der Waals surface area contributed by atoms with E-state index >= 15 is 0 Å². The van der Waals surface area contributed by atoms with Crippen LogP contribution in [-0.2, 0) is 22.9 Å². The Labute approximate surface area is 175 Å². The van der Waals surface area contributed by atoms with E-state index in [1.54, 1.807) is 12.1 Å². The second-order valence-electron chi connectivity index (χ2n) is 7.64. The molecule has 0 aromatic heterocycles. The minimum atomic E-state index is -3.62. The van der Waals surface area contributed by atoms with E-state index in [1.165, 1.54) is 39.0 Å². The zero-order valence-electron chi connectivity index (χ0n) is 16.5. The molecule has 9 heteroatoms. The van der Waals surface area contributed by atoms with Crippen molar-refractivity contribution in [3.05, 3.63) is 69.3 Å². The Kier molecular flexibility index (Phi) is 5.57. The van der Waals surface area contributed by atoms with Gasteiger partial charge in [-0.1, -0.05) is 12.1 Å². The molecular formula is C21H23N3O5S. The maximum absolute atomic E-state index is 13.1. The van der Waals surface area contributed by atoms with Gasteiger partial charge in [0, 0.05) is 43.9 Å². The van der Waals surface area contributed by atoms with Gasteiger partial charge in [-0.25, -0.2) is 8.42 Å². The van der Waals surface area contributed by atoms with Crippen molar-refractivity contribution in [3.63, 3.8) is 0 Å². The van der Waals surface area contributed by atoms with Crippen LogP contribution in [0.3, 0.4) is 0 Å². The molecule has 4 rings (SSSR count). The fourth-order valence-corrected chi connectivity index (χ4v) is 5.56. The van der Waals surface area contributed by atoms with Gasteiger partial charge in [-0.05, 0) is 55.0 Å². The number of amides is 1. The van der Waals surface area contributed by atoms with Gasteiger partial charge >= 0.3 is 0 Å². The zero-order valence-corrected chi connectivity index (χ0v) is 17.3. The molecule has 30 heavy (non-hydrogen) atoms. The highest BCUT2D eigenvalue weighted by Gasteiger charge is 2.31. The third-order valence-electron chi connectivity index (χ3n) is 5.79. The number of rotatable bonds is 4. The molecule has 1 amide bonds. The van der Waals surface area contributed by atoms with Crippen molar-refractivity contribution < 1.29 is 18.1 Å². The molecule has 0 saturated carbocycles. The van der Waals surface area contributed by atoms with Gasteiger partial charge in [0.25, 0.3) is 11.6 Å². The predicted octanol–water partition coefficient (Wildman–Crippen LogP) is 2.62. The molecule has 0 atom stereocenters. The Morgan fingerprint density at radius 1 is 0.933 bits per heavy atom. The lowest BCUT2D eigenvalue weighted by Gasteiger charge is -2.34. The molecule has 1 saturated heterocycles. The van der Waals surface area contributed by atoms with Crippen LogP contribution in [0.2, 0.25) is 0 Å². The van der Waals surface area contributed by atoms with Crippen molar-refractivity contribution in [2.75, 3.05) is 26.2 Å². The number of nitrogens with zero attached hydrogens (tertiary/aromatic N) is 3. The third-order valence-corrected chi connectivity index (χ3v) is 7.68. The number of non-ortho nitro benzene ring substituents is 1. The fourth-order valence-electron chi connectivity index (χ4n) is 4.09. The first kappa shape index (κ1) is 20.5. The number of hydrogen-bond acceptors (Lipinski definition) is 5. The van der Waals surface area contributed by atoms with Crippen LogP contribution in [-0.4, -0.2) is 54.6 Å². The van der Waals surface area contributed by atoms with Crippen molar-refractivity contribution in [2.24, 2.45) is 0 Å². The number of carbonyl (C=O) groups is 1. The Hall–Kier alpha value is -2.78. The predicted molar refractivity (Wildman–Crippen MR) is 111 cm³/mol. The summed E-state index contributed by atoms with van der Waals surface area (Å²) in [7, 11) is -3.62. The van der Waals surface area contributed by atoms with Gasteiger partial charge in [-0.3, -0.25) is 14.9 Å². The largest absolute Gasteiger partial charge is 0.336 e. The zero-order chi connectivity index (χ0) is 21.3. The molecule has 0 N–H and O–H groups in total. The average Bonchev–Trinajstić information content (AvgIpc) is 2.78. The van der Waals surface area contributed by atoms with E-state index in [2.05, 4.69) is 0 Å². The third kappa shape index (κ3) is 3.95. The molecule has 2 aromatic carbocycles. The van der Waals surface area contributed by atoms with Gasteiger partial charge in [0.1, 0.15) is 0 Å². The Balaban J connectivity index is 1.45. The molecule has 0 bridgehead atoms. The first-order valence-electron chi connectivity index (χ1n) is 10.0. The summed E-state index contributed by atoms with van der Waals surface area (Å²) in [6.45, 7) is 0.873. The van der Waals surface area contributed by atoms with Crippen LogP contribution in [0.25, 0.3) is 0 Å². The highest BCUT2D eigenvalue weighted by Crippen LogP contribution is 2.26. The number of benzene rings is 2. The Bertz CT molecular complexity index is 1090. The summed E-state index contributed by atoms with van der Waals surface area (Å²) in [6, 6.07) is 11.0. The summed E-state index contributed by atoms with van der Waals surface area (Å²) >= 11 is 0. The van der Waals surface area contributed by atoms with E-state index in [9.17, 15) is 23.3 Å². The topological polar surface area (TPSA) is 101 Å². The van der Waals surface area contributed by atoms with E-state index in [4.69, 9.17) is 0 Å². The maximum atomic E-state index is 13.1. The molecule has 1 heterocycles. The van der Waals surface area contributed by atoms with Gasteiger partial charge < -0.3 is 4.90 Å². The van der Waals surface area contributed by atoms with Crippen molar-refractivity contribution in [1.29, 1.82) is 0 Å². The fraction of sp³-hybridized carbons (Fsp3) is 0.381.